The van der Waals surface area contributed by atoms with Crippen LogP contribution in [0.5, 0.6) is 0 Å². The number of fused-ring (bicyclic) bond motifs is 1. The number of amides is 7. The average Bonchev–Trinajstić information content (AvgIpc) is 3.97. The van der Waals surface area contributed by atoms with Crippen LogP contribution in [-0.2, 0) is 48.8 Å². The normalized spacial score (nSPS) is 27.0. The lowest BCUT2D eigenvalue weighted by molar-refractivity contribution is -0.146. The molecule has 2 saturated heterocycles. The second-order valence-electron chi connectivity index (χ2n) is 21.1. The number of methoxy groups -OCH3 is 1. The zero-order valence-electron chi connectivity index (χ0n) is 44.6. The molecule has 5 rings (SSSR count). The number of hydrogen-bond donors (Lipinski definition) is 7. The molecule has 0 spiro atoms. The molecule has 3 heterocycles. The molecule has 2 aromatic carbocycles. The molecule has 1 aromatic heterocycles. The van der Waals surface area contributed by atoms with E-state index in [1.165, 1.54) is 33.0 Å². The number of benzene rings is 2. The fraction of sp³-hybridized carbons (Fsp3) is 0.574. The SMILES string of the molecule is CO[C@H](c1ccccc1)[C@@H]1NC(=O)[C@H](C)NC(=O)[C@H](C[C@@H](C)CO)N(C)C(=O)[C@H]([C@H](O)c2cn([C@]3(C)CO3)c3ccccc23)NC(=O)[C@H]([C@H](C)C=C(C)C)NC(=O)[C@H](CC(C)C)N(C)C(=O)[C@H](C(C)C)NC1=O. The number of rotatable bonds is 14. The Morgan fingerprint density at radius 2 is 1.26 bits per heavy atom. The second-order valence-corrected chi connectivity index (χ2v) is 21.1. The number of aliphatic hydroxyl groups excluding tert-OH is 2. The topological polar surface area (TPSA) is 253 Å². The molecule has 2 fully saturated rings. The number of epoxide rings is 1. The highest BCUT2D eigenvalue weighted by atomic mass is 16.6. The molecule has 2 aliphatic rings. The number of nitrogens with zero attached hydrogens (tertiary/aromatic N) is 3. The minimum absolute atomic E-state index is 0.124. The van der Waals surface area contributed by atoms with Crippen LogP contribution in [0.3, 0.4) is 0 Å². The monoisotopic (exact) mass is 1010 g/mol. The highest BCUT2D eigenvalue weighted by molar-refractivity contribution is 5.99. The summed E-state index contributed by atoms with van der Waals surface area (Å²) >= 11 is 0. The van der Waals surface area contributed by atoms with Gasteiger partial charge in [0, 0.05) is 50.9 Å². The van der Waals surface area contributed by atoms with Crippen molar-refractivity contribution < 1.29 is 53.2 Å². The van der Waals surface area contributed by atoms with E-state index in [2.05, 4.69) is 26.6 Å². The van der Waals surface area contributed by atoms with Gasteiger partial charge in [0.2, 0.25) is 41.4 Å². The Kier molecular flexibility index (Phi) is 19.6. The summed E-state index contributed by atoms with van der Waals surface area (Å²) in [5.74, 6) is -7.51. The largest absolute Gasteiger partial charge is 0.396 e. The molecule has 73 heavy (non-hydrogen) atoms. The van der Waals surface area contributed by atoms with Gasteiger partial charge >= 0.3 is 0 Å². The molecule has 0 saturated carbocycles. The lowest BCUT2D eigenvalue weighted by Crippen LogP contribution is -2.62. The molecule has 19 nitrogen and oxygen atoms in total. The average molecular weight is 1020 g/mol. The minimum Gasteiger partial charge on any atom is -0.396 e. The van der Waals surface area contributed by atoms with Gasteiger partial charge < -0.3 is 60.6 Å². The Morgan fingerprint density at radius 1 is 0.740 bits per heavy atom. The first-order chi connectivity index (χ1) is 34.3. The Morgan fingerprint density at radius 3 is 1.82 bits per heavy atom. The summed E-state index contributed by atoms with van der Waals surface area (Å²) in [4.78, 5) is 106. The van der Waals surface area contributed by atoms with Crippen molar-refractivity contribution in [2.24, 2.45) is 23.7 Å². The van der Waals surface area contributed by atoms with Crippen LogP contribution in [0.1, 0.15) is 105 Å². The van der Waals surface area contributed by atoms with Crippen molar-refractivity contribution in [3.05, 3.63) is 83.6 Å². The molecule has 3 aromatic rings. The lowest BCUT2D eigenvalue weighted by atomic mass is 9.94. The Bertz CT molecular complexity index is 2480. The molecule has 19 heteroatoms. The van der Waals surface area contributed by atoms with Gasteiger partial charge in [-0.05, 0) is 69.9 Å². The van der Waals surface area contributed by atoms with Crippen LogP contribution in [0.25, 0.3) is 10.9 Å². The molecule has 12 atom stereocenters. The number of para-hydroxylation sites is 1. The maximum Gasteiger partial charge on any atom is 0.248 e. The summed E-state index contributed by atoms with van der Waals surface area (Å²) in [6.45, 7) is 17.5. The molecule has 400 valence electrons. The summed E-state index contributed by atoms with van der Waals surface area (Å²) < 4.78 is 13.5. The van der Waals surface area contributed by atoms with E-state index in [-0.39, 0.29) is 30.9 Å². The molecule has 0 unspecified atom stereocenters. The smallest absolute Gasteiger partial charge is 0.248 e. The van der Waals surface area contributed by atoms with Crippen molar-refractivity contribution >= 4 is 52.3 Å². The number of carbonyl (C=O) groups excluding carboxylic acids is 7. The zero-order chi connectivity index (χ0) is 54.2. The van der Waals surface area contributed by atoms with E-state index in [0.717, 1.165) is 10.5 Å². The second kappa shape index (κ2) is 24.7. The van der Waals surface area contributed by atoms with Crippen LogP contribution in [0, 0.1) is 23.7 Å². The van der Waals surface area contributed by atoms with Gasteiger partial charge in [-0.1, -0.05) is 102 Å². The molecule has 0 radical (unpaired) electrons. The van der Waals surface area contributed by atoms with Gasteiger partial charge in [-0.3, -0.25) is 33.6 Å². The van der Waals surface area contributed by atoms with E-state index in [9.17, 15) is 34.2 Å². The van der Waals surface area contributed by atoms with Gasteiger partial charge in [0.05, 0.1) is 12.1 Å². The van der Waals surface area contributed by atoms with Crippen LogP contribution in [-0.4, -0.2) is 143 Å². The predicted molar refractivity (Wildman–Crippen MR) is 275 cm³/mol. The van der Waals surface area contributed by atoms with Gasteiger partial charge in [0.25, 0.3) is 0 Å². The standard InChI is InChI=1S/C54H78N8O11/c1-29(2)23-33(8)42-50(68)58-43(45(64)37-26-62(54(10)28-73-54)38-22-18-17-21-36(37)38)53(71)61(12)40(25-32(7)27-63)48(66)55-34(9)47(65)59-44(46(72-13)35-19-15-14-16-20-35)51(69)56-41(31(5)6)52(70)60(11)39(24-30(3)4)49(67)57-42/h14-23,26,30-34,39-46,63-64H,24-25,27-28H2,1-13H3,(H,55,66)(H,56,69)(H,57,67)(H,58,68)(H,59,65)/t32-,33-,34+,39+,40+,41+,42+,43+,44+,45-,46-,54+/m1/s1. The molecule has 2 aliphatic heterocycles. The van der Waals surface area contributed by atoms with Crippen LogP contribution >= 0.6 is 0 Å². The van der Waals surface area contributed by atoms with Gasteiger partial charge in [-0.15, -0.1) is 0 Å². The Balaban J connectivity index is 1.72. The zero-order valence-corrected chi connectivity index (χ0v) is 44.6. The Hall–Kier alpha value is -6.15. The van der Waals surface area contributed by atoms with E-state index in [0.29, 0.717) is 23.1 Å². The third-order valence-electron chi connectivity index (χ3n) is 13.8. The van der Waals surface area contributed by atoms with Crippen molar-refractivity contribution in [3.8, 4) is 0 Å². The number of carbonyl (C=O) groups is 7. The maximum atomic E-state index is 15.3. The molecular formula is C54H78N8O11. The summed E-state index contributed by atoms with van der Waals surface area (Å²) in [6.07, 6.45) is 0.592. The number of aliphatic hydroxyl groups is 2. The van der Waals surface area contributed by atoms with Crippen LogP contribution in [0.2, 0.25) is 0 Å². The van der Waals surface area contributed by atoms with Crippen LogP contribution in [0.4, 0.5) is 0 Å². The summed E-state index contributed by atoms with van der Waals surface area (Å²) in [7, 11) is 4.14. The van der Waals surface area contributed by atoms with Crippen LogP contribution in [0.15, 0.2) is 72.4 Å². The first-order valence-corrected chi connectivity index (χ1v) is 25.2. The van der Waals surface area contributed by atoms with Crippen molar-refractivity contribution in [1.29, 1.82) is 0 Å². The number of likely N-dealkylation sites (N-methyl/N-ethyl adjacent to an activating group) is 2. The minimum atomic E-state index is -1.80. The summed E-state index contributed by atoms with van der Waals surface area (Å²) in [6, 6.07) is 6.02. The lowest BCUT2D eigenvalue weighted by Gasteiger charge is -2.36. The third-order valence-corrected chi connectivity index (χ3v) is 13.8. The third kappa shape index (κ3) is 13.7. The van der Waals surface area contributed by atoms with Crippen molar-refractivity contribution in [3.63, 3.8) is 0 Å². The van der Waals surface area contributed by atoms with E-state index in [4.69, 9.17) is 9.47 Å². The molecule has 0 aliphatic carbocycles. The first kappa shape index (κ1) is 57.7. The quantitative estimate of drug-likeness (QED) is 0.0913. The molecule has 7 amide bonds. The summed E-state index contributed by atoms with van der Waals surface area (Å²) in [5.41, 5.74) is 1.52. The van der Waals surface area contributed by atoms with E-state index >= 15 is 9.59 Å². The number of ether oxygens (including phenoxy) is 2. The highest BCUT2D eigenvalue weighted by Crippen LogP contribution is 2.39. The number of allylic oxidation sites excluding steroid dienone is 1. The van der Waals surface area contributed by atoms with Gasteiger partial charge in [-0.25, -0.2) is 0 Å². The fourth-order valence-electron chi connectivity index (χ4n) is 9.41. The van der Waals surface area contributed by atoms with Gasteiger partial charge in [0.1, 0.15) is 54.5 Å². The number of aromatic nitrogens is 1. The van der Waals surface area contributed by atoms with Gasteiger partial charge in [-0.2, -0.15) is 0 Å². The first-order valence-electron chi connectivity index (χ1n) is 25.2. The van der Waals surface area contributed by atoms with Crippen LogP contribution < -0.4 is 26.6 Å². The van der Waals surface area contributed by atoms with Crippen molar-refractivity contribution in [1.82, 2.24) is 41.0 Å². The molecule has 0 bridgehead atoms. The molecule has 7 N–H and O–H groups in total. The highest BCUT2D eigenvalue weighted by Gasteiger charge is 2.46. The number of nitrogens with one attached hydrogen (secondary N) is 5. The predicted octanol–water partition coefficient (Wildman–Crippen LogP) is 3.20. The van der Waals surface area contributed by atoms with Crippen molar-refractivity contribution in [2.45, 2.75) is 142 Å². The van der Waals surface area contributed by atoms with E-state index < -0.39 is 119 Å². The maximum absolute atomic E-state index is 15.3. The molecular weight excluding hydrogens is 937 g/mol. The van der Waals surface area contributed by atoms with Crippen molar-refractivity contribution in [2.75, 3.05) is 34.4 Å². The van der Waals surface area contributed by atoms with Gasteiger partial charge in [0.15, 0.2) is 5.72 Å². The van der Waals surface area contributed by atoms with E-state index in [1.54, 1.807) is 82.4 Å². The number of hydrogen-bond acceptors (Lipinski definition) is 11. The van der Waals surface area contributed by atoms with E-state index in [1.807, 2.05) is 51.3 Å². The fourth-order valence-corrected chi connectivity index (χ4v) is 9.41. The Labute approximate surface area is 429 Å². The summed E-state index contributed by atoms with van der Waals surface area (Å²) in [5, 5.41) is 37.4.